The summed E-state index contributed by atoms with van der Waals surface area (Å²) in [4.78, 5) is 80.4. The molecule has 14 rings (SSSR count). The molecule has 0 saturated carbocycles. The van der Waals surface area contributed by atoms with Gasteiger partial charge in [0.15, 0.2) is 0 Å². The van der Waals surface area contributed by atoms with Crippen molar-refractivity contribution < 1.29 is 106 Å². The summed E-state index contributed by atoms with van der Waals surface area (Å²) >= 11 is 8.58. The second-order valence-electron chi connectivity index (χ2n) is 29.3. The molecule has 10 heterocycles. The number of aryl methyl sites for hydroxylation is 4. The number of pyridine rings is 6. The molecular formula is C96H103BrClF4N8NaO14. The van der Waals surface area contributed by atoms with Gasteiger partial charge in [0.2, 0.25) is 0 Å². The third-order valence-electron chi connectivity index (χ3n) is 20.5. The minimum Gasteiger partial charge on any atom is -0.870 e. The Morgan fingerprint density at radius 1 is 0.448 bits per heavy atom. The van der Waals surface area contributed by atoms with Crippen LogP contribution < -0.4 is 50.8 Å². The van der Waals surface area contributed by atoms with Crippen molar-refractivity contribution in [1.82, 2.24) is 37.7 Å². The molecule has 0 saturated heterocycles. The molecule has 0 aliphatic carbocycles. The van der Waals surface area contributed by atoms with Crippen LogP contribution in [0.3, 0.4) is 0 Å². The van der Waals surface area contributed by atoms with Crippen molar-refractivity contribution in [3.05, 3.63) is 374 Å². The summed E-state index contributed by atoms with van der Waals surface area (Å²) in [6.45, 7) is 28.1. The fraction of sp³-hybridized carbons (Fsp3) is 0.271. The van der Waals surface area contributed by atoms with Crippen molar-refractivity contribution in [2.24, 2.45) is 0 Å². The maximum absolute atomic E-state index is 13.2. The van der Waals surface area contributed by atoms with Gasteiger partial charge in [0.05, 0.1) is 96.9 Å². The fourth-order valence-corrected chi connectivity index (χ4v) is 14.8. The minimum absolute atomic E-state index is 0. The van der Waals surface area contributed by atoms with E-state index in [4.69, 9.17) is 35.5 Å². The molecular weight excluding hydrogens is 1700 g/mol. The number of rotatable bonds is 24. The van der Waals surface area contributed by atoms with E-state index in [9.17, 15) is 56.5 Å². The first-order chi connectivity index (χ1) is 58.7. The van der Waals surface area contributed by atoms with Gasteiger partial charge in [-0.1, -0.05) is 64.5 Å². The summed E-state index contributed by atoms with van der Waals surface area (Å²) in [7, 11) is 0. The van der Waals surface area contributed by atoms with E-state index in [0.29, 0.717) is 73.0 Å². The van der Waals surface area contributed by atoms with Crippen molar-refractivity contribution in [1.29, 1.82) is 0 Å². The fourth-order valence-electron chi connectivity index (χ4n) is 14.3. The van der Waals surface area contributed by atoms with Crippen LogP contribution in [0.25, 0.3) is 22.1 Å². The number of aromatic amines is 2. The quantitative estimate of drug-likeness (QED) is 0.0108. The van der Waals surface area contributed by atoms with Crippen LogP contribution in [-0.4, -0.2) is 80.3 Å². The van der Waals surface area contributed by atoms with Crippen molar-refractivity contribution in [2.45, 2.75) is 160 Å². The predicted molar refractivity (Wildman–Crippen MR) is 475 cm³/mol. The number of carbonyl (C=O) groups excluding carboxylic acids is 3. The number of aromatic nitrogens is 6. The summed E-state index contributed by atoms with van der Waals surface area (Å²) in [5.41, 5.74) is 19.8. The van der Waals surface area contributed by atoms with Crippen LogP contribution in [0.1, 0.15) is 208 Å². The van der Waals surface area contributed by atoms with E-state index in [1.165, 1.54) is 48.5 Å². The Labute approximate surface area is 758 Å². The zero-order valence-corrected chi connectivity index (χ0v) is 76.8. The minimum atomic E-state index is -0.955. The number of benzene rings is 4. The summed E-state index contributed by atoms with van der Waals surface area (Å²) in [5.74, 6) is -2.92. The predicted octanol–water partition coefficient (Wildman–Crippen LogP) is 17.4. The summed E-state index contributed by atoms with van der Waals surface area (Å²) < 4.78 is 87.5. The van der Waals surface area contributed by atoms with Gasteiger partial charge in [0.1, 0.15) is 23.3 Å². The molecule has 1 amide bonds. The SMILES string of the molecule is CCOC(=O)c1cc2cccn2c(C(C)O)c1C.CCOC(=O)c1cc2cccn2c(C(C)OCc2ccc(F)cc2)c1C.Cc1c(C(=O)O)cc2cccn2c1C(C)OCc1ccc(F)cc1.Cc1cc(C)c(CNC(=O)c2cc3cccn3c(C(C)OCc3ccc(F)cc3)c2C)c(=O)[nH]1.Cc1cc(C)c(CNCl)c(=O)[nH]1.Fc1ccc(CBr)cc1.[Na+].[OH-]. The van der Waals surface area contributed by atoms with Gasteiger partial charge in [0.25, 0.3) is 17.0 Å². The number of aliphatic hydroxyl groups excluding tert-OH is 1. The van der Waals surface area contributed by atoms with E-state index in [0.717, 1.165) is 112 Å². The molecule has 22 nitrogen and oxygen atoms in total. The number of aromatic carboxylic acids is 1. The molecule has 4 unspecified atom stereocenters. The summed E-state index contributed by atoms with van der Waals surface area (Å²) in [6.07, 6.45) is 6.11. The Kier molecular flexibility index (Phi) is 38.7. The zero-order chi connectivity index (χ0) is 89.5. The molecule has 0 aliphatic heterocycles. The number of aliphatic hydroxyl groups is 1. The van der Waals surface area contributed by atoms with Gasteiger partial charge in [-0.3, -0.25) is 14.4 Å². The third-order valence-corrected chi connectivity index (χ3v) is 21.2. The van der Waals surface area contributed by atoms with E-state index in [1.54, 1.807) is 88.4 Å². The van der Waals surface area contributed by atoms with Gasteiger partial charge in [-0.2, -0.15) is 0 Å². The van der Waals surface area contributed by atoms with Crippen molar-refractivity contribution in [3.8, 4) is 0 Å². The Morgan fingerprint density at radius 2 is 0.744 bits per heavy atom. The number of esters is 2. The molecule has 14 aromatic rings. The zero-order valence-electron chi connectivity index (χ0n) is 72.5. The van der Waals surface area contributed by atoms with E-state index in [2.05, 4.69) is 36.1 Å². The number of halogens is 6. The molecule has 654 valence electrons. The van der Waals surface area contributed by atoms with E-state index < -0.39 is 12.1 Å². The molecule has 0 fully saturated rings. The monoisotopic (exact) mass is 1800 g/mol. The first-order valence-electron chi connectivity index (χ1n) is 39.8. The maximum atomic E-state index is 13.2. The van der Waals surface area contributed by atoms with Gasteiger partial charge >= 0.3 is 47.5 Å². The Bertz CT molecular complexity index is 6110. The van der Waals surface area contributed by atoms with Crippen LogP contribution >= 0.6 is 27.7 Å². The number of nitrogens with zero attached hydrogens (tertiary/aromatic N) is 4. The molecule has 4 atom stereocenters. The summed E-state index contributed by atoms with van der Waals surface area (Å²) in [5, 5.41) is 23.0. The van der Waals surface area contributed by atoms with Crippen molar-refractivity contribution >= 4 is 73.6 Å². The molecule has 7 N–H and O–H groups in total. The Balaban J connectivity index is 0.000000214. The average Bonchev–Trinajstić information content (AvgIpc) is 1.70. The number of hydrogen-bond acceptors (Lipinski definition) is 14. The Hall–Kier alpha value is -11.1. The van der Waals surface area contributed by atoms with Gasteiger partial charge < -0.3 is 72.3 Å². The first-order valence-corrected chi connectivity index (χ1v) is 41.3. The molecule has 10 aromatic heterocycles. The van der Waals surface area contributed by atoms with Gasteiger partial charge in [-0.05, 0) is 298 Å². The molecule has 0 radical (unpaired) electrons. The normalized spacial score (nSPS) is 11.8. The number of hydrogen-bond donors (Lipinski definition) is 6. The number of carboxylic acids is 1. The van der Waals surface area contributed by atoms with Crippen molar-refractivity contribution in [2.75, 3.05) is 13.2 Å². The number of carboxylic acid groups (broad SMARTS) is 1. The van der Waals surface area contributed by atoms with Crippen LogP contribution in [0.5, 0.6) is 0 Å². The number of carbonyl (C=O) groups is 4. The van der Waals surface area contributed by atoms with Gasteiger partial charge in [-0.25, -0.2) is 36.8 Å². The second kappa shape index (κ2) is 47.9. The van der Waals surface area contributed by atoms with E-state index in [1.807, 2.05) is 184 Å². The first kappa shape index (κ1) is 101. The number of ether oxygens (including phenoxy) is 5. The summed E-state index contributed by atoms with van der Waals surface area (Å²) in [6, 6.07) is 51.2. The molecule has 0 bridgehead atoms. The number of fused-ring (bicyclic) bond motifs is 4. The van der Waals surface area contributed by atoms with Gasteiger partial charge in [-0.15, -0.1) is 0 Å². The van der Waals surface area contributed by atoms with E-state index in [-0.39, 0.29) is 118 Å². The number of alkyl halides is 1. The second-order valence-corrected chi connectivity index (χ2v) is 30.1. The van der Waals surface area contributed by atoms with Crippen LogP contribution in [0.15, 0.2) is 216 Å². The molecule has 29 heteroatoms. The maximum Gasteiger partial charge on any atom is 1.00 e. The molecule has 4 aromatic carbocycles. The van der Waals surface area contributed by atoms with Crippen LogP contribution in [-0.2, 0) is 61.9 Å². The average molecular weight is 1810 g/mol. The molecule has 0 aliphatic rings. The number of amides is 1. The number of H-pyrrole nitrogens is 2. The third kappa shape index (κ3) is 26.8. The van der Waals surface area contributed by atoms with E-state index >= 15 is 0 Å². The standard InChI is InChI=1S/C27H28FN3O3.C21H22FNO3.C19H18FNO3.C14H17NO3.C8H11ClN2O.C7H6BrF.Na.H2O/c1-16-12-17(2)30-27(33)24(16)14-29-26(32)23-13-22-6-5-11-31(22)25(18(23)3)19(4)34-15-20-7-9-21(28)10-8-20;1-4-25-21(24)19-12-18-6-5-11-23(18)20(14(19)2)15(3)26-13-16-7-9-17(22)10-8-16;1-12-17(19(22)23)10-16-4-3-9-21(16)18(12)13(2)24-11-14-5-7-15(20)8-6-14;1-4-18-14(17)12-8-11-6-5-7-15(11)13(9(12)2)10(3)16;1-5-3-6(2)11-8(12)7(5)4-10-9;8-5-6-1-3-7(9)4-2-6;;/h5-13,19H,14-15H2,1-4H3,(H,29,32)(H,30,33);5-12,15H,4,13H2,1-3H3;3-10,13H,11H2,1-2H3,(H,22,23);5-8,10,16H,4H2,1-3H3;3,10H,4H2,1-2H3,(H,11,12);1-4H,5H2;;1H2/q;;;;;;+1;/p-1. The van der Waals surface area contributed by atoms with Gasteiger partial charge in [0, 0.05) is 93.4 Å². The van der Waals surface area contributed by atoms with Crippen LogP contribution in [0.2, 0.25) is 0 Å². The smallest absolute Gasteiger partial charge is 0.870 e. The Morgan fingerprint density at radius 3 is 1.06 bits per heavy atom. The van der Waals surface area contributed by atoms with Crippen LogP contribution in [0, 0.1) is 78.7 Å². The van der Waals surface area contributed by atoms with Crippen LogP contribution in [0.4, 0.5) is 17.6 Å². The van der Waals surface area contributed by atoms with Crippen molar-refractivity contribution in [3.63, 3.8) is 0 Å². The largest absolute Gasteiger partial charge is 1.00 e. The number of nitrogens with one attached hydrogen (secondary N) is 4. The molecule has 125 heavy (non-hydrogen) atoms. The topological polar surface area (TPSA) is 292 Å². The molecule has 0 spiro atoms.